The van der Waals surface area contributed by atoms with Crippen LogP contribution in [0.3, 0.4) is 0 Å². The average molecular weight is 285 g/mol. The molecule has 0 fully saturated rings. The zero-order valence-corrected chi connectivity index (χ0v) is 12.8. The molecule has 4 nitrogen and oxygen atoms in total. The fourth-order valence-corrected chi connectivity index (χ4v) is 3.23. The van der Waals surface area contributed by atoms with Crippen LogP contribution in [0.15, 0.2) is 24.3 Å². The lowest BCUT2D eigenvalue weighted by atomic mass is 9.99. The lowest BCUT2D eigenvalue weighted by Crippen LogP contribution is -2.20. The fourth-order valence-electron chi connectivity index (χ4n) is 3.23. The van der Waals surface area contributed by atoms with Crippen molar-refractivity contribution >= 4 is 0 Å². The SMILES string of the molecule is CCc1nc(CC)n(C2CCCc3ccccc3C2O)n1. The lowest BCUT2D eigenvalue weighted by molar-refractivity contribution is 0.101. The molecule has 2 aromatic rings. The quantitative estimate of drug-likeness (QED) is 0.882. The molecule has 1 N–H and O–H groups in total. The summed E-state index contributed by atoms with van der Waals surface area (Å²) in [4.78, 5) is 4.58. The van der Waals surface area contributed by atoms with E-state index in [0.29, 0.717) is 0 Å². The summed E-state index contributed by atoms with van der Waals surface area (Å²) in [5.74, 6) is 1.85. The van der Waals surface area contributed by atoms with E-state index < -0.39 is 6.10 Å². The van der Waals surface area contributed by atoms with E-state index in [-0.39, 0.29) is 6.04 Å². The molecule has 0 saturated heterocycles. The van der Waals surface area contributed by atoms with Crippen LogP contribution in [0.1, 0.15) is 61.6 Å². The van der Waals surface area contributed by atoms with Crippen molar-refractivity contribution in [1.82, 2.24) is 14.8 Å². The van der Waals surface area contributed by atoms with Crippen molar-refractivity contribution in [2.24, 2.45) is 0 Å². The molecule has 1 aromatic heterocycles. The van der Waals surface area contributed by atoms with Gasteiger partial charge < -0.3 is 5.11 Å². The normalized spacial score (nSPS) is 21.9. The van der Waals surface area contributed by atoms with Gasteiger partial charge in [-0.05, 0) is 30.4 Å². The van der Waals surface area contributed by atoms with E-state index in [4.69, 9.17) is 0 Å². The molecule has 112 valence electrons. The third-order valence-electron chi connectivity index (χ3n) is 4.38. The maximum atomic E-state index is 10.9. The first-order chi connectivity index (χ1) is 10.2. The van der Waals surface area contributed by atoms with Gasteiger partial charge in [0, 0.05) is 12.8 Å². The molecule has 0 bridgehead atoms. The van der Waals surface area contributed by atoms with E-state index >= 15 is 0 Å². The Morgan fingerprint density at radius 2 is 2.05 bits per heavy atom. The number of aliphatic hydroxyl groups excluding tert-OH is 1. The summed E-state index contributed by atoms with van der Waals surface area (Å²) >= 11 is 0. The van der Waals surface area contributed by atoms with Crippen LogP contribution in [0.5, 0.6) is 0 Å². The first kappa shape index (κ1) is 14.3. The fraction of sp³-hybridized carbons (Fsp3) is 0.529. The maximum Gasteiger partial charge on any atom is 0.150 e. The molecule has 0 amide bonds. The van der Waals surface area contributed by atoms with Crippen LogP contribution in [-0.2, 0) is 19.3 Å². The molecule has 1 aliphatic rings. The monoisotopic (exact) mass is 285 g/mol. The summed E-state index contributed by atoms with van der Waals surface area (Å²) in [5, 5.41) is 15.5. The molecular weight excluding hydrogens is 262 g/mol. The molecule has 4 heteroatoms. The summed E-state index contributed by atoms with van der Waals surface area (Å²) < 4.78 is 1.98. The Morgan fingerprint density at radius 1 is 1.24 bits per heavy atom. The minimum Gasteiger partial charge on any atom is -0.386 e. The highest BCUT2D eigenvalue weighted by molar-refractivity contribution is 5.31. The minimum absolute atomic E-state index is 0.00333. The number of aryl methyl sites for hydroxylation is 3. The Balaban J connectivity index is 2.01. The van der Waals surface area contributed by atoms with Gasteiger partial charge in [0.2, 0.25) is 0 Å². The standard InChI is InChI=1S/C17H23N3O/c1-3-15-18-16(4-2)20(19-15)14-11-7-9-12-8-5-6-10-13(12)17(14)21/h5-6,8,10,14,17,21H,3-4,7,9,11H2,1-2H3. The highest BCUT2D eigenvalue weighted by Crippen LogP contribution is 2.36. The molecule has 3 rings (SSSR count). The second-order valence-electron chi connectivity index (χ2n) is 5.70. The van der Waals surface area contributed by atoms with Crippen molar-refractivity contribution in [3.05, 3.63) is 47.0 Å². The predicted molar refractivity (Wildman–Crippen MR) is 82.2 cm³/mol. The molecule has 0 saturated carbocycles. The van der Waals surface area contributed by atoms with Gasteiger partial charge in [-0.1, -0.05) is 38.1 Å². The lowest BCUT2D eigenvalue weighted by Gasteiger charge is -2.23. The molecular formula is C17H23N3O. The van der Waals surface area contributed by atoms with Gasteiger partial charge in [0.25, 0.3) is 0 Å². The summed E-state index contributed by atoms with van der Waals surface area (Å²) in [6.07, 6.45) is 4.22. The Morgan fingerprint density at radius 3 is 2.81 bits per heavy atom. The van der Waals surface area contributed by atoms with Crippen molar-refractivity contribution < 1.29 is 5.11 Å². The van der Waals surface area contributed by atoms with Gasteiger partial charge in [-0.25, -0.2) is 9.67 Å². The number of hydrogen-bond donors (Lipinski definition) is 1. The molecule has 0 spiro atoms. The van der Waals surface area contributed by atoms with Gasteiger partial charge in [0.15, 0.2) is 5.82 Å². The maximum absolute atomic E-state index is 10.9. The molecule has 0 radical (unpaired) electrons. The number of nitrogens with zero attached hydrogens (tertiary/aromatic N) is 3. The van der Waals surface area contributed by atoms with Gasteiger partial charge in [0.05, 0.1) is 6.04 Å². The Bertz CT molecular complexity index is 620. The number of aromatic nitrogens is 3. The van der Waals surface area contributed by atoms with E-state index in [2.05, 4.69) is 30.0 Å². The van der Waals surface area contributed by atoms with Gasteiger partial charge in [0.1, 0.15) is 11.9 Å². The highest BCUT2D eigenvalue weighted by Gasteiger charge is 2.29. The zero-order chi connectivity index (χ0) is 14.8. The molecule has 2 atom stereocenters. The molecule has 1 aromatic carbocycles. The third-order valence-corrected chi connectivity index (χ3v) is 4.38. The Labute approximate surface area is 125 Å². The van der Waals surface area contributed by atoms with Crippen molar-refractivity contribution in [2.75, 3.05) is 0 Å². The molecule has 1 aliphatic carbocycles. The number of aliphatic hydroxyl groups is 1. The topological polar surface area (TPSA) is 50.9 Å². The zero-order valence-electron chi connectivity index (χ0n) is 12.8. The van der Waals surface area contributed by atoms with Gasteiger partial charge >= 0.3 is 0 Å². The molecule has 0 aliphatic heterocycles. The second-order valence-corrected chi connectivity index (χ2v) is 5.70. The highest BCUT2D eigenvalue weighted by atomic mass is 16.3. The van der Waals surface area contributed by atoms with Gasteiger partial charge in [-0.15, -0.1) is 0 Å². The molecule has 21 heavy (non-hydrogen) atoms. The second kappa shape index (κ2) is 5.98. The number of hydrogen-bond acceptors (Lipinski definition) is 3. The van der Waals surface area contributed by atoms with Gasteiger partial charge in [-0.2, -0.15) is 5.10 Å². The number of benzene rings is 1. The van der Waals surface area contributed by atoms with E-state index in [9.17, 15) is 5.11 Å². The van der Waals surface area contributed by atoms with E-state index in [1.54, 1.807) is 0 Å². The van der Waals surface area contributed by atoms with Crippen LogP contribution in [-0.4, -0.2) is 19.9 Å². The Kier molecular flexibility index (Phi) is 4.06. The van der Waals surface area contributed by atoms with Crippen molar-refractivity contribution in [3.63, 3.8) is 0 Å². The minimum atomic E-state index is -0.500. The van der Waals surface area contributed by atoms with Crippen LogP contribution in [0.25, 0.3) is 0 Å². The van der Waals surface area contributed by atoms with Crippen LogP contribution in [0.4, 0.5) is 0 Å². The Hall–Kier alpha value is -1.68. The largest absolute Gasteiger partial charge is 0.386 e. The van der Waals surface area contributed by atoms with E-state index in [0.717, 1.165) is 49.3 Å². The van der Waals surface area contributed by atoms with Crippen LogP contribution < -0.4 is 0 Å². The van der Waals surface area contributed by atoms with Crippen molar-refractivity contribution in [3.8, 4) is 0 Å². The predicted octanol–water partition coefficient (Wildman–Crippen LogP) is 3.01. The third kappa shape index (κ3) is 2.60. The molecule has 1 heterocycles. The van der Waals surface area contributed by atoms with Crippen molar-refractivity contribution in [2.45, 2.75) is 58.1 Å². The summed E-state index contributed by atoms with van der Waals surface area (Å²) in [6.45, 7) is 4.16. The number of fused-ring (bicyclic) bond motifs is 1. The summed E-state index contributed by atoms with van der Waals surface area (Å²) in [7, 11) is 0. The number of rotatable bonds is 3. The first-order valence-corrected chi connectivity index (χ1v) is 7.94. The van der Waals surface area contributed by atoms with E-state index in [1.165, 1.54) is 5.56 Å². The van der Waals surface area contributed by atoms with Crippen molar-refractivity contribution in [1.29, 1.82) is 0 Å². The summed E-state index contributed by atoms with van der Waals surface area (Å²) in [6, 6.07) is 8.22. The average Bonchev–Trinajstić information content (AvgIpc) is 2.87. The smallest absolute Gasteiger partial charge is 0.150 e. The van der Waals surface area contributed by atoms with Crippen LogP contribution in [0.2, 0.25) is 0 Å². The van der Waals surface area contributed by atoms with Gasteiger partial charge in [-0.3, -0.25) is 0 Å². The first-order valence-electron chi connectivity index (χ1n) is 7.94. The molecule has 2 unspecified atom stereocenters. The summed E-state index contributed by atoms with van der Waals surface area (Å²) in [5.41, 5.74) is 2.32. The van der Waals surface area contributed by atoms with E-state index in [1.807, 2.05) is 22.9 Å². The van der Waals surface area contributed by atoms with Crippen LogP contribution in [0, 0.1) is 0 Å². The van der Waals surface area contributed by atoms with Crippen LogP contribution >= 0.6 is 0 Å².